The molecule has 0 saturated carbocycles. The van der Waals surface area contributed by atoms with Gasteiger partial charge in [0, 0.05) is 6.61 Å². The van der Waals surface area contributed by atoms with Gasteiger partial charge in [0.1, 0.15) is 6.10 Å². The summed E-state index contributed by atoms with van der Waals surface area (Å²) in [5.74, 6) is 2.33. The lowest BCUT2D eigenvalue weighted by atomic mass is 10.1. The molecule has 1 unspecified atom stereocenters. The summed E-state index contributed by atoms with van der Waals surface area (Å²) < 4.78 is 31.9. The Balaban J connectivity index is 0. The van der Waals surface area contributed by atoms with E-state index in [1.807, 2.05) is 0 Å². The third kappa shape index (κ3) is 16.0. The summed E-state index contributed by atoms with van der Waals surface area (Å²) in [6.45, 7) is 12.1. The minimum Gasteiger partial charge on any atom is -0.417 e. The van der Waals surface area contributed by atoms with Crippen molar-refractivity contribution in [1.29, 1.82) is 0 Å². The highest BCUT2D eigenvalue weighted by Gasteiger charge is 2.36. The monoisotopic (exact) mass is 352 g/mol. The van der Waals surface area contributed by atoms with Gasteiger partial charge in [-0.15, -0.1) is 6.42 Å². The molecule has 0 amide bonds. The molecular formula is C15H32O5SSi. The third-order valence-corrected chi connectivity index (χ3v) is 8.12. The van der Waals surface area contributed by atoms with Crippen LogP contribution in [0.2, 0.25) is 18.1 Å². The van der Waals surface area contributed by atoms with Crippen molar-refractivity contribution in [3.05, 3.63) is 0 Å². The second-order valence-electron chi connectivity index (χ2n) is 6.87. The van der Waals surface area contributed by atoms with Gasteiger partial charge in [-0.05, 0) is 37.4 Å². The first-order chi connectivity index (χ1) is 9.70. The molecule has 5 nitrogen and oxygen atoms in total. The minimum absolute atomic E-state index is 0.284. The van der Waals surface area contributed by atoms with Gasteiger partial charge in [-0.2, -0.15) is 8.42 Å². The summed E-state index contributed by atoms with van der Waals surface area (Å²) in [4.78, 5) is 0. The number of aliphatic hydroxyl groups is 1. The van der Waals surface area contributed by atoms with Crippen molar-refractivity contribution in [3.8, 4) is 12.3 Å². The summed E-state index contributed by atoms with van der Waals surface area (Å²) in [5, 5.41) is 9.47. The van der Waals surface area contributed by atoms with E-state index in [2.05, 4.69) is 39.8 Å². The molecule has 0 aliphatic rings. The largest absolute Gasteiger partial charge is 0.417 e. The van der Waals surface area contributed by atoms with E-state index in [0.29, 0.717) is 12.7 Å². The van der Waals surface area contributed by atoms with Gasteiger partial charge in [-0.25, -0.2) is 0 Å². The predicted molar refractivity (Wildman–Crippen MR) is 93.9 cm³/mol. The number of terminal acetylenes is 1. The molecule has 0 aliphatic heterocycles. The molecule has 7 heteroatoms. The maximum absolute atomic E-state index is 9.19. The molecule has 0 spiro atoms. The SMILES string of the molecule is C#CC(O)CCCCCO[Si](C)(C)C(C)(C)C.CS(=O)(=O)O. The van der Waals surface area contributed by atoms with Gasteiger partial charge in [0.2, 0.25) is 0 Å². The summed E-state index contributed by atoms with van der Waals surface area (Å²) in [6.07, 6.45) is 9.06. The minimum atomic E-state index is -3.67. The van der Waals surface area contributed by atoms with E-state index in [-0.39, 0.29) is 5.04 Å². The summed E-state index contributed by atoms with van der Waals surface area (Å²) in [6, 6.07) is 0. The van der Waals surface area contributed by atoms with E-state index in [4.69, 9.17) is 15.4 Å². The highest BCUT2D eigenvalue weighted by molar-refractivity contribution is 7.85. The molecule has 132 valence electrons. The number of hydrogen-bond acceptors (Lipinski definition) is 4. The van der Waals surface area contributed by atoms with E-state index in [1.54, 1.807) is 0 Å². The first-order valence-electron chi connectivity index (χ1n) is 7.41. The van der Waals surface area contributed by atoms with E-state index in [9.17, 15) is 13.5 Å². The zero-order chi connectivity index (χ0) is 18.0. The summed E-state index contributed by atoms with van der Waals surface area (Å²) in [5.41, 5.74) is 0. The lowest BCUT2D eigenvalue weighted by molar-refractivity contribution is 0.214. The number of rotatable bonds is 7. The predicted octanol–water partition coefficient (Wildman–Crippen LogP) is 3.07. The normalized spacial score (nSPS) is 13.8. The van der Waals surface area contributed by atoms with E-state index in [0.717, 1.165) is 25.9 Å². The van der Waals surface area contributed by atoms with Crippen LogP contribution in [0, 0.1) is 12.3 Å². The van der Waals surface area contributed by atoms with Gasteiger partial charge in [0.05, 0.1) is 6.26 Å². The zero-order valence-corrected chi connectivity index (χ0v) is 16.5. The lowest BCUT2D eigenvalue weighted by Crippen LogP contribution is -2.40. The van der Waals surface area contributed by atoms with Crippen LogP contribution in [-0.2, 0) is 14.5 Å². The topological polar surface area (TPSA) is 83.8 Å². The first-order valence-corrected chi connectivity index (χ1v) is 12.2. The van der Waals surface area contributed by atoms with Crippen molar-refractivity contribution in [2.75, 3.05) is 12.9 Å². The fourth-order valence-corrected chi connectivity index (χ4v) is 2.33. The molecule has 0 fully saturated rings. The fraction of sp³-hybridized carbons (Fsp3) is 0.867. The third-order valence-electron chi connectivity index (χ3n) is 3.58. The van der Waals surface area contributed by atoms with E-state index >= 15 is 0 Å². The standard InChI is InChI=1S/C14H28O2Si.CH4O3S/c1-7-13(15)11-9-8-10-12-16-17(5,6)14(2,3)4;1-5(2,3)4/h1,13,15H,8-12H2,2-6H3;1H3,(H,2,3,4). The van der Waals surface area contributed by atoms with Crippen LogP contribution in [0.5, 0.6) is 0 Å². The number of hydrogen-bond donors (Lipinski definition) is 2. The molecule has 0 saturated heterocycles. The molecule has 0 aromatic heterocycles. The Bertz CT molecular complexity index is 424. The average Bonchev–Trinajstić information content (AvgIpc) is 2.29. The van der Waals surface area contributed by atoms with Gasteiger partial charge in [0.15, 0.2) is 8.32 Å². The Morgan fingerprint density at radius 2 is 1.68 bits per heavy atom. The zero-order valence-electron chi connectivity index (χ0n) is 14.7. The van der Waals surface area contributed by atoms with Crippen molar-refractivity contribution >= 4 is 18.4 Å². The lowest BCUT2D eigenvalue weighted by Gasteiger charge is -2.36. The van der Waals surface area contributed by atoms with Gasteiger partial charge in [-0.3, -0.25) is 4.55 Å². The van der Waals surface area contributed by atoms with Crippen molar-refractivity contribution in [2.24, 2.45) is 0 Å². The summed E-state index contributed by atoms with van der Waals surface area (Å²) in [7, 11) is -5.24. The molecular weight excluding hydrogens is 320 g/mol. The molecule has 1 atom stereocenters. The van der Waals surface area contributed by atoms with Crippen LogP contribution < -0.4 is 0 Å². The maximum atomic E-state index is 9.19. The average molecular weight is 353 g/mol. The van der Waals surface area contributed by atoms with E-state index in [1.165, 1.54) is 0 Å². The van der Waals surface area contributed by atoms with Crippen LogP contribution in [0.15, 0.2) is 0 Å². The van der Waals surface area contributed by atoms with E-state index < -0.39 is 24.5 Å². The number of unbranched alkanes of at least 4 members (excludes halogenated alkanes) is 2. The van der Waals surface area contributed by atoms with Gasteiger partial charge in [-0.1, -0.05) is 33.1 Å². The van der Waals surface area contributed by atoms with Gasteiger partial charge in [0.25, 0.3) is 10.1 Å². The van der Waals surface area contributed by atoms with Crippen LogP contribution in [0.4, 0.5) is 0 Å². The van der Waals surface area contributed by atoms with Crippen LogP contribution in [0.25, 0.3) is 0 Å². The second-order valence-corrected chi connectivity index (χ2v) is 13.1. The van der Waals surface area contributed by atoms with Crippen LogP contribution in [0.1, 0.15) is 46.5 Å². The van der Waals surface area contributed by atoms with Crippen molar-refractivity contribution in [1.82, 2.24) is 0 Å². The highest BCUT2D eigenvalue weighted by Crippen LogP contribution is 2.36. The molecule has 0 heterocycles. The molecule has 0 radical (unpaired) electrons. The molecule has 0 bridgehead atoms. The van der Waals surface area contributed by atoms with Crippen LogP contribution >= 0.6 is 0 Å². The Kier molecular flexibility index (Phi) is 11.3. The first kappa shape index (κ1) is 23.9. The molecule has 0 aromatic rings. The number of aliphatic hydroxyl groups excluding tert-OH is 1. The van der Waals surface area contributed by atoms with Crippen molar-refractivity contribution in [3.63, 3.8) is 0 Å². The molecule has 0 aromatic carbocycles. The Labute approximate surface area is 137 Å². The Hall–Kier alpha value is -0.393. The van der Waals surface area contributed by atoms with Crippen molar-refractivity contribution < 1.29 is 22.5 Å². The smallest absolute Gasteiger partial charge is 0.261 e. The van der Waals surface area contributed by atoms with Crippen LogP contribution in [0.3, 0.4) is 0 Å². The quantitative estimate of drug-likeness (QED) is 0.318. The molecule has 2 N–H and O–H groups in total. The highest BCUT2D eigenvalue weighted by atomic mass is 32.2. The Morgan fingerprint density at radius 1 is 1.23 bits per heavy atom. The second kappa shape index (κ2) is 10.4. The molecule has 22 heavy (non-hydrogen) atoms. The van der Waals surface area contributed by atoms with Gasteiger partial charge < -0.3 is 9.53 Å². The summed E-state index contributed by atoms with van der Waals surface area (Å²) >= 11 is 0. The fourth-order valence-electron chi connectivity index (χ4n) is 1.24. The van der Waals surface area contributed by atoms with Gasteiger partial charge >= 0.3 is 0 Å². The Morgan fingerprint density at radius 3 is 2.05 bits per heavy atom. The van der Waals surface area contributed by atoms with Crippen LogP contribution in [-0.4, -0.2) is 45.4 Å². The van der Waals surface area contributed by atoms with Crippen molar-refractivity contribution in [2.45, 2.75) is 70.7 Å². The molecule has 0 aliphatic carbocycles. The molecule has 0 rings (SSSR count). The maximum Gasteiger partial charge on any atom is 0.261 e.